The van der Waals surface area contributed by atoms with Gasteiger partial charge in [0.1, 0.15) is 0 Å². The molecule has 3 heteroatoms. The summed E-state index contributed by atoms with van der Waals surface area (Å²) in [6.07, 6.45) is 5.89. The third-order valence-corrected chi connectivity index (χ3v) is 4.67. The zero-order valence-corrected chi connectivity index (χ0v) is 11.3. The van der Waals surface area contributed by atoms with Gasteiger partial charge in [-0.25, -0.2) is 0 Å². The third kappa shape index (κ3) is 3.09. The van der Waals surface area contributed by atoms with Crippen molar-refractivity contribution in [3.8, 4) is 0 Å². The van der Waals surface area contributed by atoms with E-state index in [0.29, 0.717) is 6.61 Å². The summed E-state index contributed by atoms with van der Waals surface area (Å²) in [7, 11) is 0. The van der Waals surface area contributed by atoms with Crippen LogP contribution >= 0.6 is 11.3 Å². The highest BCUT2D eigenvalue weighted by atomic mass is 32.1. The molecule has 0 amide bonds. The second kappa shape index (κ2) is 5.98. The van der Waals surface area contributed by atoms with E-state index < -0.39 is 0 Å². The zero-order chi connectivity index (χ0) is 12.1. The van der Waals surface area contributed by atoms with Gasteiger partial charge in [-0.3, -0.25) is 0 Å². The molecule has 1 aromatic heterocycles. The first-order valence-corrected chi connectivity index (χ1v) is 7.49. The van der Waals surface area contributed by atoms with Crippen LogP contribution in [0, 0.1) is 0 Å². The average Bonchev–Trinajstić information content (AvgIpc) is 2.97. The van der Waals surface area contributed by atoms with Gasteiger partial charge in [-0.1, -0.05) is 18.9 Å². The van der Waals surface area contributed by atoms with Crippen LogP contribution in [0.15, 0.2) is 17.5 Å². The fourth-order valence-corrected chi connectivity index (χ4v) is 3.56. The number of aryl methyl sites for hydroxylation is 1. The Morgan fingerprint density at radius 3 is 2.82 bits per heavy atom. The molecule has 1 heterocycles. The highest BCUT2D eigenvalue weighted by Crippen LogP contribution is 2.37. The van der Waals surface area contributed by atoms with Crippen molar-refractivity contribution in [1.82, 2.24) is 0 Å². The number of ether oxygens (including phenoxy) is 1. The lowest BCUT2D eigenvalue weighted by atomic mass is 9.91. The number of rotatable bonds is 6. The summed E-state index contributed by atoms with van der Waals surface area (Å²) in [6.45, 7) is 2.72. The van der Waals surface area contributed by atoms with E-state index in [0.717, 1.165) is 25.7 Å². The molecule has 0 aliphatic heterocycles. The Hall–Kier alpha value is -0.380. The molecule has 96 valence electrons. The van der Waals surface area contributed by atoms with Gasteiger partial charge in [-0.2, -0.15) is 0 Å². The summed E-state index contributed by atoms with van der Waals surface area (Å²) in [5.74, 6) is 0. The van der Waals surface area contributed by atoms with Crippen LogP contribution in [0.25, 0.3) is 0 Å². The number of hydrogen-bond donors (Lipinski definition) is 1. The van der Waals surface area contributed by atoms with E-state index >= 15 is 0 Å². The van der Waals surface area contributed by atoms with Crippen molar-refractivity contribution in [2.24, 2.45) is 0 Å². The largest absolute Gasteiger partial charge is 0.390 e. The molecule has 1 atom stereocenters. The normalized spacial score (nSPS) is 20.6. The van der Waals surface area contributed by atoms with Gasteiger partial charge in [-0.15, -0.1) is 11.3 Å². The molecule has 0 radical (unpaired) electrons. The second-order valence-corrected chi connectivity index (χ2v) is 5.87. The molecule has 1 aliphatic rings. The fourth-order valence-electron chi connectivity index (χ4n) is 2.83. The molecule has 1 N–H and O–H groups in total. The van der Waals surface area contributed by atoms with Crippen molar-refractivity contribution in [3.05, 3.63) is 22.4 Å². The fraction of sp³-hybridized carbons (Fsp3) is 0.714. The minimum atomic E-state index is -0.313. The van der Waals surface area contributed by atoms with Crippen LogP contribution < -0.4 is 0 Å². The number of aliphatic hydroxyl groups excluding tert-OH is 1. The van der Waals surface area contributed by atoms with Crippen LogP contribution in [0.1, 0.15) is 43.9 Å². The molecule has 17 heavy (non-hydrogen) atoms. The minimum absolute atomic E-state index is 0.244. The second-order valence-electron chi connectivity index (χ2n) is 4.84. The van der Waals surface area contributed by atoms with E-state index in [4.69, 9.17) is 4.74 Å². The topological polar surface area (TPSA) is 29.5 Å². The van der Waals surface area contributed by atoms with Crippen LogP contribution in [-0.4, -0.2) is 23.4 Å². The van der Waals surface area contributed by atoms with Crippen molar-refractivity contribution in [3.63, 3.8) is 0 Å². The molecule has 1 unspecified atom stereocenters. The van der Waals surface area contributed by atoms with E-state index in [-0.39, 0.29) is 11.7 Å². The summed E-state index contributed by atoms with van der Waals surface area (Å²) >= 11 is 1.77. The molecule has 0 saturated heterocycles. The molecule has 2 rings (SSSR count). The lowest BCUT2D eigenvalue weighted by molar-refractivity contribution is -0.118. The van der Waals surface area contributed by atoms with Crippen molar-refractivity contribution >= 4 is 11.3 Å². The Bertz CT molecular complexity index is 315. The molecular weight excluding hydrogens is 232 g/mol. The standard InChI is InChI=1S/C14H22O2S/c1-2-16-14(9-3-4-10-14)13(15)8-7-12-6-5-11-17-12/h5-6,11,13,15H,2-4,7-10H2,1H3. The van der Waals surface area contributed by atoms with Crippen molar-refractivity contribution in [2.45, 2.75) is 57.2 Å². The van der Waals surface area contributed by atoms with Crippen molar-refractivity contribution in [1.29, 1.82) is 0 Å². The number of thiophene rings is 1. The lowest BCUT2D eigenvalue weighted by Gasteiger charge is -2.34. The molecule has 1 saturated carbocycles. The van der Waals surface area contributed by atoms with Crippen LogP contribution in [0.4, 0.5) is 0 Å². The predicted molar refractivity (Wildman–Crippen MR) is 71.5 cm³/mol. The summed E-state index contributed by atoms with van der Waals surface area (Å²) in [6, 6.07) is 4.21. The maximum Gasteiger partial charge on any atom is 0.0940 e. The van der Waals surface area contributed by atoms with Gasteiger partial charge in [0.05, 0.1) is 11.7 Å². The average molecular weight is 254 g/mol. The van der Waals surface area contributed by atoms with Gasteiger partial charge in [0.25, 0.3) is 0 Å². The third-order valence-electron chi connectivity index (χ3n) is 3.73. The van der Waals surface area contributed by atoms with E-state index in [2.05, 4.69) is 17.5 Å². The first-order valence-electron chi connectivity index (χ1n) is 6.61. The smallest absolute Gasteiger partial charge is 0.0940 e. The maximum absolute atomic E-state index is 10.4. The van der Waals surface area contributed by atoms with Crippen LogP contribution in [-0.2, 0) is 11.2 Å². The Labute approximate surface area is 108 Å². The first-order chi connectivity index (χ1) is 8.27. The van der Waals surface area contributed by atoms with Gasteiger partial charge >= 0.3 is 0 Å². The molecule has 2 nitrogen and oxygen atoms in total. The predicted octanol–water partition coefficient (Wildman–Crippen LogP) is 3.39. The van der Waals surface area contributed by atoms with Gasteiger partial charge in [0, 0.05) is 11.5 Å². The molecule has 1 aromatic rings. The number of aliphatic hydroxyl groups is 1. The molecule has 0 spiro atoms. The SMILES string of the molecule is CCOC1(C(O)CCc2cccs2)CCCC1. The van der Waals surface area contributed by atoms with Crippen molar-refractivity contribution in [2.75, 3.05) is 6.61 Å². The lowest BCUT2D eigenvalue weighted by Crippen LogP contribution is -2.42. The molecule has 0 bridgehead atoms. The van der Waals surface area contributed by atoms with E-state index in [1.54, 1.807) is 11.3 Å². The summed E-state index contributed by atoms with van der Waals surface area (Å²) in [5, 5.41) is 12.5. The quantitative estimate of drug-likeness (QED) is 0.843. The minimum Gasteiger partial charge on any atom is -0.390 e. The molecule has 1 aliphatic carbocycles. The van der Waals surface area contributed by atoms with Crippen LogP contribution in [0.3, 0.4) is 0 Å². The summed E-state index contributed by atoms with van der Waals surface area (Å²) in [4.78, 5) is 1.36. The van der Waals surface area contributed by atoms with Gasteiger partial charge in [-0.05, 0) is 44.1 Å². The summed E-state index contributed by atoms with van der Waals surface area (Å²) < 4.78 is 5.88. The van der Waals surface area contributed by atoms with E-state index in [1.165, 1.54) is 17.7 Å². The summed E-state index contributed by atoms with van der Waals surface area (Å²) in [5.41, 5.74) is -0.244. The Balaban J connectivity index is 1.90. The number of hydrogen-bond acceptors (Lipinski definition) is 3. The maximum atomic E-state index is 10.4. The van der Waals surface area contributed by atoms with E-state index in [9.17, 15) is 5.11 Å². The zero-order valence-electron chi connectivity index (χ0n) is 10.5. The van der Waals surface area contributed by atoms with E-state index in [1.807, 2.05) is 6.92 Å². The van der Waals surface area contributed by atoms with Gasteiger partial charge in [0.2, 0.25) is 0 Å². The van der Waals surface area contributed by atoms with Gasteiger partial charge < -0.3 is 9.84 Å². The Morgan fingerprint density at radius 2 is 2.24 bits per heavy atom. The van der Waals surface area contributed by atoms with Crippen LogP contribution in [0.2, 0.25) is 0 Å². The monoisotopic (exact) mass is 254 g/mol. The Kier molecular flexibility index (Phi) is 4.60. The molecule has 0 aromatic carbocycles. The first kappa shape index (κ1) is 13.1. The van der Waals surface area contributed by atoms with Gasteiger partial charge in [0.15, 0.2) is 0 Å². The Morgan fingerprint density at radius 1 is 1.47 bits per heavy atom. The molecule has 1 fully saturated rings. The van der Waals surface area contributed by atoms with Crippen LogP contribution in [0.5, 0.6) is 0 Å². The van der Waals surface area contributed by atoms with Crippen molar-refractivity contribution < 1.29 is 9.84 Å². The molecular formula is C14H22O2S. The highest BCUT2D eigenvalue weighted by molar-refractivity contribution is 7.09. The highest BCUT2D eigenvalue weighted by Gasteiger charge is 2.40.